The third-order valence-corrected chi connectivity index (χ3v) is 3.93. The molecular weight excluding hydrogens is 218 g/mol. The lowest BCUT2D eigenvalue weighted by atomic mass is 10.1. The minimum atomic E-state index is -3.50. The van der Waals surface area contributed by atoms with Gasteiger partial charge in [-0.2, -0.15) is 0 Å². The molecule has 0 aliphatic rings. The Morgan fingerprint density at radius 3 is 2.27 bits per heavy atom. The molecule has 0 aromatic rings. The molecule has 0 saturated heterocycles. The Bertz CT molecular complexity index is 297. The molecule has 0 aromatic heterocycles. The van der Waals surface area contributed by atoms with Crippen LogP contribution >= 0.6 is 0 Å². The van der Waals surface area contributed by atoms with Crippen molar-refractivity contribution in [1.82, 2.24) is 4.72 Å². The van der Waals surface area contributed by atoms with Gasteiger partial charge in [0.2, 0.25) is 10.0 Å². The van der Waals surface area contributed by atoms with Gasteiger partial charge in [-0.25, -0.2) is 13.1 Å². The topological polar surface area (TPSA) is 83.5 Å². The van der Waals surface area contributed by atoms with Crippen LogP contribution in [-0.4, -0.2) is 30.8 Å². The van der Waals surface area contributed by atoms with Gasteiger partial charge in [-0.1, -0.05) is 19.8 Å². The van der Waals surface area contributed by atoms with Crippen molar-refractivity contribution >= 4 is 16.0 Å². The minimum absolute atomic E-state index is 0.331. The summed E-state index contributed by atoms with van der Waals surface area (Å²) in [6.07, 6.45) is 1.86. The van der Waals surface area contributed by atoms with Gasteiger partial charge in [0.25, 0.3) is 0 Å². The fourth-order valence-corrected chi connectivity index (χ4v) is 1.86. The van der Waals surface area contributed by atoms with E-state index in [1.807, 2.05) is 6.92 Å². The van der Waals surface area contributed by atoms with Crippen molar-refractivity contribution < 1.29 is 18.3 Å². The average Bonchev–Trinajstić information content (AvgIpc) is 2.11. The first-order valence-corrected chi connectivity index (χ1v) is 6.59. The monoisotopic (exact) mass is 237 g/mol. The Morgan fingerprint density at radius 2 is 1.93 bits per heavy atom. The molecule has 0 aliphatic heterocycles. The van der Waals surface area contributed by atoms with E-state index >= 15 is 0 Å². The van der Waals surface area contributed by atoms with Gasteiger partial charge in [-0.3, -0.25) is 4.79 Å². The lowest BCUT2D eigenvalue weighted by Crippen LogP contribution is -2.43. The summed E-state index contributed by atoms with van der Waals surface area (Å²) in [5.41, 5.74) is 0. The van der Waals surface area contributed by atoms with Gasteiger partial charge in [-0.15, -0.1) is 0 Å². The highest BCUT2D eigenvalue weighted by Crippen LogP contribution is 2.05. The van der Waals surface area contributed by atoms with Crippen molar-refractivity contribution in [3.63, 3.8) is 0 Å². The summed E-state index contributed by atoms with van der Waals surface area (Å²) in [6, 6.07) is -1.00. The summed E-state index contributed by atoms with van der Waals surface area (Å²) >= 11 is 0. The number of unbranched alkanes of at least 4 members (excludes halogenated alkanes) is 1. The molecule has 0 heterocycles. The molecule has 90 valence electrons. The number of nitrogens with one attached hydrogen (secondary N) is 1. The third kappa shape index (κ3) is 5.13. The predicted octanol–water partition coefficient (Wildman–Crippen LogP) is 0.958. The quantitative estimate of drug-likeness (QED) is 0.690. The molecule has 0 unspecified atom stereocenters. The summed E-state index contributed by atoms with van der Waals surface area (Å²) in [6.45, 7) is 4.96. The standard InChI is InChI=1S/C9H19NO4S/c1-4-5-6-8(9(11)12)10-15(13,14)7(2)3/h7-8,10H,4-6H2,1-3H3,(H,11,12)/t8-/m0/s1. The van der Waals surface area contributed by atoms with Crippen LogP contribution in [0.4, 0.5) is 0 Å². The zero-order valence-electron chi connectivity index (χ0n) is 9.36. The van der Waals surface area contributed by atoms with Gasteiger partial charge in [0.15, 0.2) is 0 Å². The summed E-state index contributed by atoms with van der Waals surface area (Å²) in [5, 5.41) is 8.21. The van der Waals surface area contributed by atoms with Gasteiger partial charge in [0.1, 0.15) is 6.04 Å². The van der Waals surface area contributed by atoms with E-state index in [0.29, 0.717) is 12.8 Å². The molecule has 5 nitrogen and oxygen atoms in total. The second kappa shape index (κ2) is 6.07. The zero-order valence-corrected chi connectivity index (χ0v) is 10.2. The van der Waals surface area contributed by atoms with Crippen molar-refractivity contribution in [3.8, 4) is 0 Å². The van der Waals surface area contributed by atoms with E-state index in [9.17, 15) is 13.2 Å². The molecule has 0 rings (SSSR count). The van der Waals surface area contributed by atoms with E-state index in [1.54, 1.807) is 0 Å². The van der Waals surface area contributed by atoms with Crippen molar-refractivity contribution in [3.05, 3.63) is 0 Å². The predicted molar refractivity (Wildman–Crippen MR) is 58.1 cm³/mol. The van der Waals surface area contributed by atoms with Gasteiger partial charge >= 0.3 is 5.97 Å². The molecule has 0 saturated carbocycles. The first-order chi connectivity index (χ1) is 6.81. The lowest BCUT2D eigenvalue weighted by molar-refractivity contribution is -0.139. The van der Waals surface area contributed by atoms with Crippen LogP contribution in [0.5, 0.6) is 0 Å². The summed E-state index contributed by atoms with van der Waals surface area (Å²) < 4.78 is 25.1. The van der Waals surface area contributed by atoms with Crippen LogP contribution in [0, 0.1) is 0 Å². The third-order valence-electron chi connectivity index (χ3n) is 2.07. The minimum Gasteiger partial charge on any atom is -0.480 e. The maximum Gasteiger partial charge on any atom is 0.321 e. The maximum absolute atomic E-state index is 11.4. The molecule has 0 fully saturated rings. The molecule has 15 heavy (non-hydrogen) atoms. The summed E-state index contributed by atoms with van der Waals surface area (Å²) in [7, 11) is -3.50. The highest BCUT2D eigenvalue weighted by atomic mass is 32.2. The number of carboxylic acid groups (broad SMARTS) is 1. The number of aliphatic carboxylic acids is 1. The van der Waals surface area contributed by atoms with Gasteiger partial charge in [0, 0.05) is 0 Å². The van der Waals surface area contributed by atoms with Crippen LogP contribution in [-0.2, 0) is 14.8 Å². The molecule has 0 aromatic carbocycles. The van der Waals surface area contributed by atoms with Crippen LogP contribution in [0.2, 0.25) is 0 Å². The molecule has 2 N–H and O–H groups in total. The molecule has 0 amide bonds. The number of hydrogen-bond acceptors (Lipinski definition) is 3. The second-order valence-corrected chi connectivity index (χ2v) is 6.01. The Labute approximate surface area is 90.9 Å². The van der Waals surface area contributed by atoms with Crippen LogP contribution in [0.25, 0.3) is 0 Å². The number of hydrogen-bond donors (Lipinski definition) is 2. The number of carbonyl (C=O) groups is 1. The maximum atomic E-state index is 11.4. The van der Waals surface area contributed by atoms with E-state index in [-0.39, 0.29) is 0 Å². The van der Waals surface area contributed by atoms with Crippen LogP contribution in [0.15, 0.2) is 0 Å². The van der Waals surface area contributed by atoms with Gasteiger partial charge in [-0.05, 0) is 20.3 Å². The Hall–Kier alpha value is -0.620. The van der Waals surface area contributed by atoms with Crippen LogP contribution < -0.4 is 4.72 Å². The number of carboxylic acids is 1. The first-order valence-electron chi connectivity index (χ1n) is 5.05. The van der Waals surface area contributed by atoms with Crippen molar-refractivity contribution in [1.29, 1.82) is 0 Å². The van der Waals surface area contributed by atoms with Gasteiger partial charge < -0.3 is 5.11 Å². The normalized spacial score (nSPS) is 14.1. The fraction of sp³-hybridized carbons (Fsp3) is 0.889. The molecule has 0 bridgehead atoms. The Kier molecular flexibility index (Phi) is 5.82. The molecule has 0 spiro atoms. The first kappa shape index (κ1) is 14.4. The molecule has 0 aliphatic carbocycles. The van der Waals surface area contributed by atoms with E-state index in [2.05, 4.69) is 4.72 Å². The molecular formula is C9H19NO4S. The number of rotatable bonds is 7. The van der Waals surface area contributed by atoms with Gasteiger partial charge in [0.05, 0.1) is 5.25 Å². The highest BCUT2D eigenvalue weighted by molar-refractivity contribution is 7.90. The fourth-order valence-electron chi connectivity index (χ4n) is 0.975. The number of sulfonamides is 1. The average molecular weight is 237 g/mol. The van der Waals surface area contributed by atoms with E-state index in [1.165, 1.54) is 13.8 Å². The van der Waals surface area contributed by atoms with Crippen molar-refractivity contribution in [2.45, 2.75) is 51.3 Å². The second-order valence-electron chi connectivity index (χ2n) is 3.74. The lowest BCUT2D eigenvalue weighted by Gasteiger charge is -2.16. The smallest absolute Gasteiger partial charge is 0.321 e. The Morgan fingerprint density at radius 1 is 1.40 bits per heavy atom. The molecule has 0 radical (unpaired) electrons. The van der Waals surface area contributed by atoms with E-state index in [0.717, 1.165) is 6.42 Å². The highest BCUT2D eigenvalue weighted by Gasteiger charge is 2.25. The zero-order chi connectivity index (χ0) is 12.1. The summed E-state index contributed by atoms with van der Waals surface area (Å²) in [4.78, 5) is 10.8. The largest absolute Gasteiger partial charge is 0.480 e. The van der Waals surface area contributed by atoms with Crippen LogP contribution in [0.3, 0.4) is 0 Å². The molecule has 6 heteroatoms. The SMILES string of the molecule is CCCC[C@H](NS(=O)(=O)C(C)C)C(=O)O. The molecule has 1 atom stereocenters. The van der Waals surface area contributed by atoms with Crippen LogP contribution in [0.1, 0.15) is 40.0 Å². The Balaban J connectivity index is 4.48. The van der Waals surface area contributed by atoms with E-state index in [4.69, 9.17) is 5.11 Å². The summed E-state index contributed by atoms with van der Waals surface area (Å²) in [5.74, 6) is -1.12. The van der Waals surface area contributed by atoms with Crippen molar-refractivity contribution in [2.24, 2.45) is 0 Å². The van der Waals surface area contributed by atoms with E-state index < -0.39 is 27.3 Å². The van der Waals surface area contributed by atoms with Crippen molar-refractivity contribution in [2.75, 3.05) is 0 Å².